The lowest BCUT2D eigenvalue weighted by Crippen LogP contribution is -2.31. The molecule has 1 amide bonds. The molecule has 3 N–H and O–H groups in total. The molecule has 0 aromatic heterocycles. The van der Waals surface area contributed by atoms with Gasteiger partial charge in [0.2, 0.25) is 5.91 Å². The lowest BCUT2D eigenvalue weighted by molar-refractivity contribution is -0.121. The molecule has 1 unspecified atom stereocenters. The number of hydrogen-bond donors (Lipinski definition) is 2. The number of rotatable bonds is 9. The second kappa shape index (κ2) is 9.60. The van der Waals surface area contributed by atoms with Crippen LogP contribution >= 0.6 is 0 Å². The summed E-state index contributed by atoms with van der Waals surface area (Å²) in [5, 5.41) is 2.86. The van der Waals surface area contributed by atoms with Gasteiger partial charge < -0.3 is 15.8 Å². The summed E-state index contributed by atoms with van der Waals surface area (Å²) in [6, 6.07) is -0.00993. The monoisotopic (exact) mass is 230 g/mol. The maximum atomic E-state index is 11.3. The first-order chi connectivity index (χ1) is 7.56. The van der Waals surface area contributed by atoms with Gasteiger partial charge in [-0.1, -0.05) is 6.92 Å². The predicted octanol–water partition coefficient (Wildman–Crippen LogP) is 1.44. The van der Waals surface area contributed by atoms with Crippen LogP contribution < -0.4 is 11.1 Å². The first-order valence-electron chi connectivity index (χ1n) is 6.20. The average molecular weight is 230 g/mol. The number of ether oxygens (including phenoxy) is 1. The molecule has 0 radical (unpaired) electrons. The molecule has 0 saturated carbocycles. The molecule has 0 saturated heterocycles. The molecule has 96 valence electrons. The van der Waals surface area contributed by atoms with Gasteiger partial charge in [0.25, 0.3) is 0 Å². The quantitative estimate of drug-likeness (QED) is 0.589. The molecule has 0 aromatic carbocycles. The molecule has 0 fully saturated rings. The van der Waals surface area contributed by atoms with E-state index in [9.17, 15) is 4.79 Å². The third-order valence-corrected chi connectivity index (χ3v) is 2.32. The molecule has 0 aromatic rings. The molecule has 0 heterocycles. The summed E-state index contributed by atoms with van der Waals surface area (Å²) >= 11 is 0. The number of carbonyl (C=O) groups is 1. The highest BCUT2D eigenvalue weighted by atomic mass is 16.5. The maximum Gasteiger partial charge on any atom is 0.221 e. The summed E-state index contributed by atoms with van der Waals surface area (Å²) in [5.74, 6) is 0.0547. The molecule has 0 spiro atoms. The Labute approximate surface area is 98.9 Å². The lowest BCUT2D eigenvalue weighted by Gasteiger charge is -2.10. The molecule has 4 nitrogen and oxygen atoms in total. The molecule has 0 rings (SSSR count). The third-order valence-electron chi connectivity index (χ3n) is 2.32. The highest BCUT2D eigenvalue weighted by Crippen LogP contribution is 1.95. The standard InChI is InChI=1S/C12H26N2O2/c1-4-11(13)9-12(15)14-7-5-6-8-16-10(2)3/h10-11H,4-9,13H2,1-3H3,(H,14,15). The molecule has 0 aliphatic heterocycles. The van der Waals surface area contributed by atoms with E-state index in [0.717, 1.165) is 32.4 Å². The van der Waals surface area contributed by atoms with E-state index >= 15 is 0 Å². The average Bonchev–Trinajstić information content (AvgIpc) is 2.22. The largest absolute Gasteiger partial charge is 0.379 e. The molecule has 16 heavy (non-hydrogen) atoms. The maximum absolute atomic E-state index is 11.3. The molecule has 0 bridgehead atoms. The van der Waals surface area contributed by atoms with Crippen molar-refractivity contribution in [2.45, 2.75) is 58.6 Å². The highest BCUT2D eigenvalue weighted by molar-refractivity contribution is 5.76. The van der Waals surface area contributed by atoms with Crippen molar-refractivity contribution >= 4 is 5.91 Å². The predicted molar refractivity (Wildman–Crippen MR) is 66.2 cm³/mol. The van der Waals surface area contributed by atoms with E-state index < -0.39 is 0 Å². The SMILES string of the molecule is CCC(N)CC(=O)NCCCCOC(C)C. The van der Waals surface area contributed by atoms with Crippen molar-refractivity contribution in [2.75, 3.05) is 13.2 Å². The third kappa shape index (κ3) is 9.93. The van der Waals surface area contributed by atoms with Crippen LogP contribution in [0.1, 0.15) is 46.5 Å². The minimum Gasteiger partial charge on any atom is -0.379 e. The summed E-state index contributed by atoms with van der Waals surface area (Å²) in [6.07, 6.45) is 3.50. The molecule has 0 aliphatic carbocycles. The minimum absolute atomic E-state index is 0.00993. The van der Waals surface area contributed by atoms with Crippen molar-refractivity contribution in [3.8, 4) is 0 Å². The van der Waals surface area contributed by atoms with Gasteiger partial charge in [-0.15, -0.1) is 0 Å². The van der Waals surface area contributed by atoms with E-state index in [2.05, 4.69) is 5.32 Å². The van der Waals surface area contributed by atoms with Gasteiger partial charge in [0.05, 0.1) is 6.10 Å². The van der Waals surface area contributed by atoms with Gasteiger partial charge in [0, 0.05) is 25.6 Å². The van der Waals surface area contributed by atoms with Crippen LogP contribution in [0.4, 0.5) is 0 Å². The van der Waals surface area contributed by atoms with E-state index in [1.807, 2.05) is 20.8 Å². The van der Waals surface area contributed by atoms with E-state index in [0.29, 0.717) is 6.42 Å². The number of nitrogens with two attached hydrogens (primary N) is 1. The minimum atomic E-state index is -0.00993. The summed E-state index contributed by atoms with van der Waals surface area (Å²) in [5.41, 5.74) is 5.68. The van der Waals surface area contributed by atoms with E-state index in [1.54, 1.807) is 0 Å². The van der Waals surface area contributed by atoms with Crippen LogP contribution in [0.25, 0.3) is 0 Å². The van der Waals surface area contributed by atoms with Crippen LogP contribution in [0.15, 0.2) is 0 Å². The Bertz CT molecular complexity index is 184. The van der Waals surface area contributed by atoms with Crippen LogP contribution in [-0.2, 0) is 9.53 Å². The van der Waals surface area contributed by atoms with Crippen molar-refractivity contribution in [1.29, 1.82) is 0 Å². The van der Waals surface area contributed by atoms with Gasteiger partial charge in [-0.25, -0.2) is 0 Å². The zero-order valence-electron chi connectivity index (χ0n) is 10.8. The second-order valence-corrected chi connectivity index (χ2v) is 4.35. The topological polar surface area (TPSA) is 64.4 Å². The summed E-state index contributed by atoms with van der Waals surface area (Å²) < 4.78 is 5.40. The number of amides is 1. The van der Waals surface area contributed by atoms with E-state index in [1.165, 1.54) is 0 Å². The first-order valence-corrected chi connectivity index (χ1v) is 6.20. The normalized spacial score (nSPS) is 12.8. The molecule has 4 heteroatoms. The Morgan fingerprint density at radius 3 is 2.62 bits per heavy atom. The van der Waals surface area contributed by atoms with Gasteiger partial charge in [0.15, 0.2) is 0 Å². The molecule has 0 aliphatic rings. The van der Waals surface area contributed by atoms with Crippen molar-refractivity contribution in [2.24, 2.45) is 5.73 Å². The fourth-order valence-electron chi connectivity index (χ4n) is 1.23. The summed E-state index contributed by atoms with van der Waals surface area (Å²) in [7, 11) is 0. The Balaban J connectivity index is 3.28. The smallest absolute Gasteiger partial charge is 0.221 e. The molecular formula is C12H26N2O2. The highest BCUT2D eigenvalue weighted by Gasteiger charge is 2.06. The van der Waals surface area contributed by atoms with Gasteiger partial charge in [0.1, 0.15) is 0 Å². The number of carbonyl (C=O) groups excluding carboxylic acids is 1. The lowest BCUT2D eigenvalue weighted by atomic mass is 10.1. The van der Waals surface area contributed by atoms with Crippen molar-refractivity contribution < 1.29 is 9.53 Å². The van der Waals surface area contributed by atoms with Crippen molar-refractivity contribution in [1.82, 2.24) is 5.32 Å². The van der Waals surface area contributed by atoms with Crippen molar-refractivity contribution in [3.05, 3.63) is 0 Å². The zero-order valence-corrected chi connectivity index (χ0v) is 10.8. The molecule has 1 atom stereocenters. The van der Waals surface area contributed by atoms with Gasteiger partial charge in [-0.3, -0.25) is 4.79 Å². The van der Waals surface area contributed by atoms with E-state index in [-0.39, 0.29) is 18.1 Å². The van der Waals surface area contributed by atoms with Gasteiger partial charge in [-0.2, -0.15) is 0 Å². The van der Waals surface area contributed by atoms with Crippen LogP contribution in [-0.4, -0.2) is 31.2 Å². The number of hydrogen-bond acceptors (Lipinski definition) is 3. The number of nitrogens with one attached hydrogen (secondary N) is 1. The second-order valence-electron chi connectivity index (χ2n) is 4.35. The van der Waals surface area contributed by atoms with E-state index in [4.69, 9.17) is 10.5 Å². The summed E-state index contributed by atoms with van der Waals surface area (Å²) in [6.45, 7) is 7.52. The van der Waals surface area contributed by atoms with Crippen LogP contribution in [0.2, 0.25) is 0 Å². The summed E-state index contributed by atoms with van der Waals surface area (Å²) in [4.78, 5) is 11.3. The zero-order chi connectivity index (χ0) is 12.4. The van der Waals surface area contributed by atoms with Crippen LogP contribution in [0, 0.1) is 0 Å². The van der Waals surface area contributed by atoms with Crippen molar-refractivity contribution in [3.63, 3.8) is 0 Å². The van der Waals surface area contributed by atoms with Crippen LogP contribution in [0.3, 0.4) is 0 Å². The fourth-order valence-corrected chi connectivity index (χ4v) is 1.23. The molecular weight excluding hydrogens is 204 g/mol. The Morgan fingerprint density at radius 2 is 2.06 bits per heavy atom. The van der Waals surface area contributed by atoms with Gasteiger partial charge in [-0.05, 0) is 33.1 Å². The first kappa shape index (κ1) is 15.4. The fraction of sp³-hybridized carbons (Fsp3) is 0.917. The Hall–Kier alpha value is -0.610. The Morgan fingerprint density at radius 1 is 1.38 bits per heavy atom. The van der Waals surface area contributed by atoms with Crippen LogP contribution in [0.5, 0.6) is 0 Å². The van der Waals surface area contributed by atoms with Gasteiger partial charge >= 0.3 is 0 Å². The Kier molecular flexibility index (Phi) is 9.24. The number of unbranched alkanes of at least 4 members (excludes halogenated alkanes) is 1.